The van der Waals surface area contributed by atoms with Crippen LogP contribution in [-0.4, -0.2) is 52.6 Å². The molecule has 1 saturated heterocycles. The number of hydrogen-bond donors (Lipinski definition) is 2. The van der Waals surface area contributed by atoms with Crippen LogP contribution in [0.2, 0.25) is 0 Å². The minimum absolute atomic E-state index is 0.0802. The van der Waals surface area contributed by atoms with Gasteiger partial charge < -0.3 is 19.7 Å². The number of terminal acetylenes is 1. The molecule has 0 aromatic heterocycles. The predicted octanol–water partition coefficient (Wildman–Crippen LogP) is 4.67. The molecule has 2 aromatic carbocycles. The van der Waals surface area contributed by atoms with E-state index in [1.807, 2.05) is 13.0 Å². The number of benzene rings is 2. The van der Waals surface area contributed by atoms with Crippen LogP contribution in [0.5, 0.6) is 11.5 Å². The number of hydrogen-bond acceptors (Lipinski definition) is 5. The van der Waals surface area contributed by atoms with Crippen LogP contribution in [0.1, 0.15) is 57.2 Å². The first-order chi connectivity index (χ1) is 17.5. The number of rotatable bonds is 4. The Labute approximate surface area is 220 Å². The van der Waals surface area contributed by atoms with Crippen molar-refractivity contribution in [2.24, 2.45) is 16.7 Å². The van der Waals surface area contributed by atoms with E-state index in [9.17, 15) is 10.2 Å². The Balaban J connectivity index is 1.57. The Hall–Kier alpha value is -2.52. The van der Waals surface area contributed by atoms with Gasteiger partial charge in [-0.3, -0.25) is 4.90 Å². The van der Waals surface area contributed by atoms with E-state index in [-0.39, 0.29) is 29.9 Å². The maximum absolute atomic E-state index is 12.1. The molecular formula is C32H39NO4. The summed E-state index contributed by atoms with van der Waals surface area (Å²) in [4.78, 5) is 2.56. The van der Waals surface area contributed by atoms with Crippen LogP contribution in [0.4, 0.5) is 0 Å². The second-order valence-corrected chi connectivity index (χ2v) is 12.9. The number of phenols is 1. The van der Waals surface area contributed by atoms with Crippen molar-refractivity contribution in [3.63, 3.8) is 0 Å². The van der Waals surface area contributed by atoms with Gasteiger partial charge in [-0.15, -0.1) is 6.42 Å². The van der Waals surface area contributed by atoms with E-state index in [4.69, 9.17) is 15.9 Å². The molecule has 1 spiro atoms. The van der Waals surface area contributed by atoms with Crippen molar-refractivity contribution in [2.75, 3.05) is 13.7 Å². The molecule has 5 nitrogen and oxygen atoms in total. The fourth-order valence-corrected chi connectivity index (χ4v) is 8.32. The summed E-state index contributed by atoms with van der Waals surface area (Å²) >= 11 is 0. The summed E-state index contributed by atoms with van der Waals surface area (Å²) in [6, 6.07) is 14.5. The van der Waals surface area contributed by atoms with Gasteiger partial charge in [-0.1, -0.05) is 63.1 Å². The monoisotopic (exact) mass is 501 g/mol. The standard InChI is InChI=1S/C32H39NO4/c1-7-31-18-22(30(5,35)29(2,3)4)26(36-6)28-32(31)15-16-33(19-20-11-9-8-10-12-20)24(31)17-21-13-14-23(34)27(37-28)25(21)32/h1,8-14,22,24,26,28,34-35H,15-19H2,2-6H3/t22-,24-,26?,28-,30+,31+,32-/m1/s1. The maximum Gasteiger partial charge on any atom is 0.165 e. The molecule has 5 heteroatoms. The van der Waals surface area contributed by atoms with Crippen LogP contribution in [0.25, 0.3) is 0 Å². The van der Waals surface area contributed by atoms with Gasteiger partial charge in [0, 0.05) is 31.2 Å². The molecule has 2 aliphatic heterocycles. The molecule has 37 heavy (non-hydrogen) atoms. The van der Waals surface area contributed by atoms with E-state index in [1.165, 1.54) is 11.1 Å². The molecule has 4 aliphatic rings. The molecule has 2 fully saturated rings. The smallest absolute Gasteiger partial charge is 0.165 e. The van der Waals surface area contributed by atoms with Gasteiger partial charge in [0.1, 0.15) is 12.2 Å². The number of phenolic OH excluding ortho intramolecular Hbond substituents is 1. The lowest BCUT2D eigenvalue weighted by molar-refractivity contribution is -0.222. The summed E-state index contributed by atoms with van der Waals surface area (Å²) in [5, 5.41) is 23.0. The number of nitrogens with zero attached hydrogens (tertiary/aromatic N) is 1. The first-order valence-corrected chi connectivity index (χ1v) is 13.5. The fourth-order valence-electron chi connectivity index (χ4n) is 8.32. The van der Waals surface area contributed by atoms with Gasteiger partial charge >= 0.3 is 0 Å². The molecule has 2 aliphatic carbocycles. The highest BCUT2D eigenvalue weighted by Crippen LogP contribution is 2.71. The van der Waals surface area contributed by atoms with E-state index in [2.05, 4.69) is 61.9 Å². The second kappa shape index (κ2) is 7.99. The lowest BCUT2D eigenvalue weighted by Crippen LogP contribution is -2.76. The van der Waals surface area contributed by atoms with E-state index >= 15 is 0 Å². The highest BCUT2D eigenvalue weighted by Gasteiger charge is 2.76. The Morgan fingerprint density at radius 2 is 1.89 bits per heavy atom. The van der Waals surface area contributed by atoms with Crippen LogP contribution in [0.15, 0.2) is 42.5 Å². The molecule has 1 unspecified atom stereocenters. The van der Waals surface area contributed by atoms with Crippen molar-refractivity contribution < 1.29 is 19.7 Å². The van der Waals surface area contributed by atoms with Crippen molar-refractivity contribution in [1.29, 1.82) is 0 Å². The third kappa shape index (κ3) is 3.04. The highest BCUT2D eigenvalue weighted by molar-refractivity contribution is 5.63. The Bertz CT molecular complexity index is 1260. The zero-order valence-electron chi connectivity index (χ0n) is 22.6. The minimum atomic E-state index is -1.06. The highest BCUT2D eigenvalue weighted by atomic mass is 16.5. The summed E-state index contributed by atoms with van der Waals surface area (Å²) in [5.74, 6) is 3.86. The molecule has 6 rings (SSSR count). The quantitative estimate of drug-likeness (QED) is 0.596. The molecule has 7 atom stereocenters. The number of likely N-dealkylation sites (tertiary alicyclic amines) is 1. The lowest BCUT2D eigenvalue weighted by atomic mass is 9.40. The van der Waals surface area contributed by atoms with Gasteiger partial charge in [-0.2, -0.15) is 0 Å². The van der Waals surface area contributed by atoms with Crippen LogP contribution in [0, 0.1) is 29.1 Å². The van der Waals surface area contributed by atoms with Crippen LogP contribution in [-0.2, 0) is 23.1 Å². The Morgan fingerprint density at radius 1 is 1.16 bits per heavy atom. The molecule has 0 amide bonds. The van der Waals surface area contributed by atoms with Crippen molar-refractivity contribution in [3.05, 3.63) is 59.2 Å². The summed E-state index contributed by atoms with van der Waals surface area (Å²) in [6.45, 7) is 9.86. The molecule has 2 heterocycles. The molecule has 1 saturated carbocycles. The van der Waals surface area contributed by atoms with E-state index < -0.39 is 21.8 Å². The molecule has 2 bridgehead atoms. The third-order valence-corrected chi connectivity index (χ3v) is 10.6. The predicted molar refractivity (Wildman–Crippen MR) is 143 cm³/mol. The average molecular weight is 502 g/mol. The topological polar surface area (TPSA) is 62.2 Å². The van der Waals surface area contributed by atoms with Gasteiger partial charge in [0.05, 0.1) is 16.4 Å². The fraction of sp³-hybridized carbons (Fsp3) is 0.562. The number of aromatic hydroxyl groups is 1. The Kier molecular flexibility index (Phi) is 5.36. The lowest BCUT2D eigenvalue weighted by Gasteiger charge is -2.67. The maximum atomic E-state index is 12.1. The van der Waals surface area contributed by atoms with Gasteiger partial charge in [-0.05, 0) is 55.3 Å². The summed E-state index contributed by atoms with van der Waals surface area (Å²) in [5.41, 5.74) is 1.05. The van der Waals surface area contributed by atoms with Crippen molar-refractivity contribution in [2.45, 2.75) is 82.8 Å². The van der Waals surface area contributed by atoms with Gasteiger partial charge in [0.25, 0.3) is 0 Å². The van der Waals surface area contributed by atoms with Gasteiger partial charge in [0.2, 0.25) is 0 Å². The van der Waals surface area contributed by atoms with Gasteiger partial charge in [-0.25, -0.2) is 0 Å². The van der Waals surface area contributed by atoms with E-state index in [0.29, 0.717) is 12.2 Å². The molecular weight excluding hydrogens is 462 g/mol. The van der Waals surface area contributed by atoms with Crippen molar-refractivity contribution in [3.8, 4) is 23.8 Å². The summed E-state index contributed by atoms with van der Waals surface area (Å²) < 4.78 is 13.0. The number of ether oxygens (including phenoxy) is 2. The zero-order valence-corrected chi connectivity index (χ0v) is 22.6. The van der Waals surface area contributed by atoms with Crippen molar-refractivity contribution >= 4 is 0 Å². The average Bonchev–Trinajstić information content (AvgIpc) is 3.22. The first kappa shape index (κ1) is 24.8. The third-order valence-electron chi connectivity index (χ3n) is 10.6. The summed E-state index contributed by atoms with van der Waals surface area (Å²) in [6.07, 6.45) is 8.15. The second-order valence-electron chi connectivity index (χ2n) is 12.9. The van der Waals surface area contributed by atoms with Crippen LogP contribution < -0.4 is 4.74 Å². The largest absolute Gasteiger partial charge is 0.504 e. The zero-order chi connectivity index (χ0) is 26.4. The molecule has 196 valence electrons. The first-order valence-electron chi connectivity index (χ1n) is 13.5. The molecule has 2 N–H and O–H groups in total. The number of piperidine rings is 1. The molecule has 0 radical (unpaired) electrons. The SMILES string of the molecule is C#C[C@@]12C[C@@H]([C@](C)(O)C(C)(C)C)C(OC)[C@H]3Oc4c(O)ccc5c4[C@]31CCN(Cc1ccccc1)[C@@H]2C5. The number of methoxy groups -OCH3 is 1. The van der Waals surface area contributed by atoms with E-state index in [1.54, 1.807) is 13.2 Å². The summed E-state index contributed by atoms with van der Waals surface area (Å²) in [7, 11) is 1.72. The van der Waals surface area contributed by atoms with E-state index in [0.717, 1.165) is 31.5 Å². The molecule has 2 aromatic rings. The Morgan fingerprint density at radius 3 is 2.54 bits per heavy atom. The van der Waals surface area contributed by atoms with Crippen LogP contribution in [0.3, 0.4) is 0 Å². The van der Waals surface area contributed by atoms with Crippen LogP contribution >= 0.6 is 0 Å². The van der Waals surface area contributed by atoms with Crippen molar-refractivity contribution in [1.82, 2.24) is 4.90 Å². The van der Waals surface area contributed by atoms with Gasteiger partial charge in [0.15, 0.2) is 11.5 Å². The normalized spacial score (nSPS) is 35.7. The minimum Gasteiger partial charge on any atom is -0.504 e. The number of aliphatic hydroxyl groups is 1.